The van der Waals surface area contributed by atoms with Gasteiger partial charge in [-0.25, -0.2) is 4.39 Å². The van der Waals surface area contributed by atoms with Crippen LogP contribution >= 0.6 is 0 Å². The lowest BCUT2D eigenvalue weighted by Gasteiger charge is -2.36. The highest BCUT2D eigenvalue weighted by atomic mass is 32.2. The van der Waals surface area contributed by atoms with E-state index < -0.39 is 10.2 Å². The molecule has 7 nitrogen and oxygen atoms in total. The quantitative estimate of drug-likeness (QED) is 0.687. The smallest absolute Gasteiger partial charge is 0.282 e. The van der Waals surface area contributed by atoms with Crippen LogP contribution in [-0.4, -0.2) is 67.6 Å². The minimum atomic E-state index is -3.63. The van der Waals surface area contributed by atoms with Gasteiger partial charge in [-0.1, -0.05) is 18.2 Å². The SMILES string of the molecule is CC(=O)N1CCN(c2ccc3c(c2)CCN(S(=O)(=O)N(C)Cc2ccc(F)cc2)C3)CC1. The van der Waals surface area contributed by atoms with Crippen molar-refractivity contribution in [2.45, 2.75) is 26.4 Å². The second kappa shape index (κ2) is 9.17. The summed E-state index contributed by atoms with van der Waals surface area (Å²) in [4.78, 5) is 15.7. The minimum Gasteiger partial charge on any atom is -0.368 e. The Kier molecular flexibility index (Phi) is 6.50. The van der Waals surface area contributed by atoms with Crippen molar-refractivity contribution >= 4 is 21.8 Å². The minimum absolute atomic E-state index is 0.112. The Hall–Kier alpha value is -2.49. The van der Waals surface area contributed by atoms with Crippen molar-refractivity contribution in [1.29, 1.82) is 0 Å². The van der Waals surface area contributed by atoms with Crippen molar-refractivity contribution in [2.75, 3.05) is 44.7 Å². The van der Waals surface area contributed by atoms with Gasteiger partial charge in [0.05, 0.1) is 0 Å². The first kappa shape index (κ1) is 22.7. The highest BCUT2D eigenvalue weighted by Gasteiger charge is 2.30. The first-order valence-corrected chi connectivity index (χ1v) is 12.2. The van der Waals surface area contributed by atoms with E-state index >= 15 is 0 Å². The zero-order valence-corrected chi connectivity index (χ0v) is 19.3. The van der Waals surface area contributed by atoms with Crippen molar-refractivity contribution in [2.24, 2.45) is 0 Å². The van der Waals surface area contributed by atoms with E-state index in [9.17, 15) is 17.6 Å². The van der Waals surface area contributed by atoms with Gasteiger partial charge in [0.15, 0.2) is 0 Å². The Labute approximate surface area is 189 Å². The molecule has 0 N–H and O–H groups in total. The third-order valence-electron chi connectivity index (χ3n) is 6.30. The van der Waals surface area contributed by atoms with Crippen LogP contribution < -0.4 is 4.90 Å². The predicted molar refractivity (Wildman–Crippen MR) is 122 cm³/mol. The number of hydrogen-bond acceptors (Lipinski definition) is 4. The number of carbonyl (C=O) groups is 1. The molecule has 0 bridgehead atoms. The molecule has 2 aliphatic rings. The molecule has 1 fully saturated rings. The molecule has 2 aromatic rings. The number of carbonyl (C=O) groups excluding carboxylic acids is 1. The molecule has 0 radical (unpaired) electrons. The summed E-state index contributed by atoms with van der Waals surface area (Å²) in [5.74, 6) is -0.229. The number of amides is 1. The average Bonchev–Trinajstić information content (AvgIpc) is 2.79. The van der Waals surface area contributed by atoms with Gasteiger partial charge in [0.25, 0.3) is 10.2 Å². The molecule has 0 spiro atoms. The standard InChI is InChI=1S/C23H29FN4O3S/c1-18(29)26-11-13-27(14-12-26)23-8-5-21-17-28(10-9-20(21)15-23)32(30,31)25(2)16-19-3-6-22(24)7-4-19/h3-8,15H,9-14,16-17H2,1-2H3. The molecule has 0 aliphatic carbocycles. The van der Waals surface area contributed by atoms with Crippen LogP contribution in [0.15, 0.2) is 42.5 Å². The van der Waals surface area contributed by atoms with Crippen LogP contribution in [0.2, 0.25) is 0 Å². The second-order valence-corrected chi connectivity index (χ2v) is 10.5. The molecule has 9 heteroatoms. The van der Waals surface area contributed by atoms with E-state index in [2.05, 4.69) is 11.0 Å². The summed E-state index contributed by atoms with van der Waals surface area (Å²) < 4.78 is 42.2. The fourth-order valence-corrected chi connectivity index (χ4v) is 5.64. The second-order valence-electron chi connectivity index (χ2n) is 8.42. The Morgan fingerprint density at radius 1 is 1.00 bits per heavy atom. The molecule has 172 valence electrons. The Morgan fingerprint density at radius 3 is 2.34 bits per heavy atom. The Morgan fingerprint density at radius 2 is 1.69 bits per heavy atom. The third-order valence-corrected chi connectivity index (χ3v) is 8.18. The van der Waals surface area contributed by atoms with Crippen LogP contribution in [0.4, 0.5) is 10.1 Å². The van der Waals surface area contributed by atoms with E-state index in [1.807, 2.05) is 17.0 Å². The molecule has 2 aromatic carbocycles. The van der Waals surface area contributed by atoms with Crippen LogP contribution in [0.5, 0.6) is 0 Å². The first-order chi connectivity index (χ1) is 15.2. The molecule has 2 aliphatic heterocycles. The average molecular weight is 461 g/mol. The maximum Gasteiger partial charge on any atom is 0.282 e. The first-order valence-electron chi connectivity index (χ1n) is 10.8. The number of rotatable bonds is 5. The molecule has 1 saturated heterocycles. The highest BCUT2D eigenvalue weighted by Crippen LogP contribution is 2.27. The fourth-order valence-electron chi connectivity index (χ4n) is 4.31. The molecule has 32 heavy (non-hydrogen) atoms. The molecule has 1 amide bonds. The largest absolute Gasteiger partial charge is 0.368 e. The van der Waals surface area contributed by atoms with Crippen molar-refractivity contribution in [1.82, 2.24) is 13.5 Å². The number of anilines is 1. The molecule has 0 unspecified atom stereocenters. The van der Waals surface area contributed by atoms with E-state index in [-0.39, 0.29) is 18.3 Å². The summed E-state index contributed by atoms with van der Waals surface area (Å²) in [5, 5.41) is 0. The number of benzene rings is 2. The van der Waals surface area contributed by atoms with Gasteiger partial charge in [0.2, 0.25) is 5.91 Å². The normalized spacial score (nSPS) is 17.5. The lowest BCUT2D eigenvalue weighted by atomic mass is 10.00. The number of hydrogen-bond donors (Lipinski definition) is 0. The highest BCUT2D eigenvalue weighted by molar-refractivity contribution is 7.86. The Balaban J connectivity index is 1.42. The summed E-state index contributed by atoms with van der Waals surface area (Å²) in [7, 11) is -2.08. The van der Waals surface area contributed by atoms with Gasteiger partial charge in [-0.15, -0.1) is 0 Å². The summed E-state index contributed by atoms with van der Waals surface area (Å²) in [6.45, 7) is 5.59. The summed E-state index contributed by atoms with van der Waals surface area (Å²) >= 11 is 0. The summed E-state index contributed by atoms with van der Waals surface area (Å²) in [5.41, 5.74) is 4.05. The maximum absolute atomic E-state index is 13.1. The van der Waals surface area contributed by atoms with E-state index in [0.29, 0.717) is 19.5 Å². The number of halogens is 1. The molecule has 0 aromatic heterocycles. The van der Waals surface area contributed by atoms with Crippen LogP contribution in [0, 0.1) is 5.82 Å². The number of nitrogens with zero attached hydrogens (tertiary/aromatic N) is 4. The summed E-state index contributed by atoms with van der Waals surface area (Å²) in [6, 6.07) is 12.1. The molecule has 0 atom stereocenters. The fraction of sp³-hybridized carbons (Fsp3) is 0.435. The van der Waals surface area contributed by atoms with E-state index in [4.69, 9.17) is 0 Å². The molecule has 4 rings (SSSR count). The topological polar surface area (TPSA) is 64.2 Å². The van der Waals surface area contributed by atoms with Crippen LogP contribution in [0.3, 0.4) is 0 Å². The number of fused-ring (bicyclic) bond motifs is 1. The van der Waals surface area contributed by atoms with Crippen LogP contribution in [0.1, 0.15) is 23.6 Å². The molecular formula is C23H29FN4O3S. The van der Waals surface area contributed by atoms with Crippen molar-refractivity contribution in [3.63, 3.8) is 0 Å². The van der Waals surface area contributed by atoms with Gasteiger partial charge in [-0.05, 0) is 47.4 Å². The van der Waals surface area contributed by atoms with E-state index in [1.165, 1.54) is 26.3 Å². The van der Waals surface area contributed by atoms with Crippen LogP contribution in [-0.2, 0) is 34.5 Å². The zero-order valence-electron chi connectivity index (χ0n) is 18.5. The lowest BCUT2D eigenvalue weighted by molar-refractivity contribution is -0.129. The Bertz CT molecular complexity index is 1080. The third kappa shape index (κ3) is 4.79. The van der Waals surface area contributed by atoms with Gasteiger partial charge in [-0.2, -0.15) is 17.0 Å². The molecule has 0 saturated carbocycles. The monoisotopic (exact) mass is 460 g/mol. The van der Waals surface area contributed by atoms with Gasteiger partial charge < -0.3 is 9.80 Å². The van der Waals surface area contributed by atoms with Crippen LogP contribution in [0.25, 0.3) is 0 Å². The predicted octanol–water partition coefficient (Wildman–Crippen LogP) is 2.23. The maximum atomic E-state index is 13.1. The van der Waals surface area contributed by atoms with Gasteiger partial charge >= 0.3 is 0 Å². The van der Waals surface area contributed by atoms with Gasteiger partial charge in [0.1, 0.15) is 5.82 Å². The molecular weight excluding hydrogens is 431 g/mol. The lowest BCUT2D eigenvalue weighted by Crippen LogP contribution is -2.48. The summed E-state index contributed by atoms with van der Waals surface area (Å²) in [6.07, 6.45) is 0.653. The number of piperazine rings is 1. The van der Waals surface area contributed by atoms with E-state index in [1.54, 1.807) is 26.1 Å². The van der Waals surface area contributed by atoms with Crippen molar-refractivity contribution in [3.05, 3.63) is 65.0 Å². The molecule has 2 heterocycles. The van der Waals surface area contributed by atoms with Crippen molar-refractivity contribution in [3.8, 4) is 0 Å². The van der Waals surface area contributed by atoms with E-state index in [0.717, 1.165) is 43.0 Å². The van der Waals surface area contributed by atoms with Gasteiger partial charge in [0, 0.05) is 65.5 Å². The van der Waals surface area contributed by atoms with Gasteiger partial charge in [-0.3, -0.25) is 4.79 Å². The van der Waals surface area contributed by atoms with Crippen molar-refractivity contribution < 1.29 is 17.6 Å². The zero-order chi connectivity index (χ0) is 22.9.